The number of amides is 1. The van der Waals surface area contributed by atoms with Crippen LogP contribution in [0.15, 0.2) is 48.6 Å². The van der Waals surface area contributed by atoms with Gasteiger partial charge in [-0.2, -0.15) is 0 Å². The Kier molecular flexibility index (Phi) is 55.7. The summed E-state index contributed by atoms with van der Waals surface area (Å²) in [7, 11) is 1.18. The zero-order valence-electron chi connectivity index (χ0n) is 51.7. The molecule has 0 radical (unpaired) electrons. The van der Waals surface area contributed by atoms with Gasteiger partial charge < -0.3 is 28.5 Å². The first-order valence-electron chi connectivity index (χ1n) is 33.0. The van der Waals surface area contributed by atoms with Crippen LogP contribution in [0.5, 0.6) is 0 Å². The van der Waals surface area contributed by atoms with Gasteiger partial charge in [0.15, 0.2) is 0 Å². The Morgan fingerprint density at radius 2 is 0.831 bits per heavy atom. The number of hydrogen-bond acceptors (Lipinski definition) is 7. The fourth-order valence-corrected chi connectivity index (χ4v) is 10.5. The van der Waals surface area contributed by atoms with E-state index in [1.165, 1.54) is 205 Å². The maximum atomic E-state index is 13.5. The molecule has 3 atom stereocenters. The molecule has 452 valence electrons. The van der Waals surface area contributed by atoms with Gasteiger partial charge in [-0.25, -0.2) is 0 Å². The Bertz CT molecular complexity index is 1460. The van der Waals surface area contributed by atoms with E-state index in [-0.39, 0.29) is 24.9 Å². The SMILES string of the molecule is CC/C=C/C=C/C=C/CCCCCCCCCC(=O)NC(COP(=O)([O-])OCC[N+](C)(C)C)C(/C=C\CCCCCCCCCCC)OC(=O)CCCCCCCCCCCCCCCCCCCCCCCCCCC. The van der Waals surface area contributed by atoms with Crippen LogP contribution in [0.4, 0.5) is 0 Å². The van der Waals surface area contributed by atoms with Crippen LogP contribution in [0, 0.1) is 0 Å². The van der Waals surface area contributed by atoms with Crippen molar-refractivity contribution in [3.05, 3.63) is 48.6 Å². The van der Waals surface area contributed by atoms with Gasteiger partial charge in [0.25, 0.3) is 7.82 Å². The molecule has 9 nitrogen and oxygen atoms in total. The summed E-state index contributed by atoms with van der Waals surface area (Å²) in [5.41, 5.74) is 0. The average molecular weight is 1100 g/mol. The zero-order chi connectivity index (χ0) is 56.4. The summed E-state index contributed by atoms with van der Waals surface area (Å²) in [6, 6.07) is -0.892. The molecule has 0 bridgehead atoms. The normalized spacial score (nSPS) is 13.9. The number of hydrogen-bond donors (Lipinski definition) is 1. The Hall–Kier alpha value is -2.03. The van der Waals surface area contributed by atoms with E-state index in [1.54, 1.807) is 0 Å². The van der Waals surface area contributed by atoms with Crippen LogP contribution >= 0.6 is 7.82 Å². The predicted octanol–water partition coefficient (Wildman–Crippen LogP) is 19.8. The second-order valence-corrected chi connectivity index (χ2v) is 25.1. The van der Waals surface area contributed by atoms with Crippen LogP contribution in [0.25, 0.3) is 0 Å². The lowest BCUT2D eigenvalue weighted by molar-refractivity contribution is -0.870. The molecular formula is C67H127N2O7P. The van der Waals surface area contributed by atoms with Crippen LogP contribution < -0.4 is 10.2 Å². The molecule has 0 aliphatic carbocycles. The molecule has 0 aromatic heterocycles. The van der Waals surface area contributed by atoms with E-state index in [0.717, 1.165) is 77.0 Å². The molecule has 0 saturated heterocycles. The standard InChI is InChI=1S/C67H127N2O7P/c1-7-10-13-16-19-22-25-27-29-30-31-32-33-34-35-36-37-38-40-42-45-48-51-54-57-60-67(71)76-65(58-55-52-49-46-43-24-21-18-15-12-9-3)64(63-75-77(72,73)74-62-61-69(4,5)6)68-66(70)59-56-53-50-47-44-41-39-28-26-23-20-17-14-11-8-2/h11,14,17,20,23,26,55,58,64-65H,7-10,12-13,15-16,18-19,21-22,24-25,27-54,56-57,59-63H2,1-6H3,(H-,68,70,72,73)/b14-11+,20-17+,26-23+,58-55-. The minimum Gasteiger partial charge on any atom is -0.756 e. The van der Waals surface area contributed by atoms with E-state index in [4.69, 9.17) is 13.8 Å². The van der Waals surface area contributed by atoms with E-state index in [2.05, 4.69) is 62.5 Å². The minimum absolute atomic E-state index is 0.0240. The third-order valence-electron chi connectivity index (χ3n) is 14.8. The predicted molar refractivity (Wildman–Crippen MR) is 330 cm³/mol. The number of allylic oxidation sites excluding steroid dienone is 7. The van der Waals surface area contributed by atoms with E-state index in [0.29, 0.717) is 17.4 Å². The second kappa shape index (κ2) is 57.2. The number of carbonyl (C=O) groups excluding carboxylic acids is 2. The molecule has 1 amide bonds. The molecule has 0 aliphatic rings. The van der Waals surface area contributed by atoms with Crippen molar-refractivity contribution in [2.24, 2.45) is 0 Å². The molecular weight excluding hydrogens is 976 g/mol. The molecule has 10 heteroatoms. The van der Waals surface area contributed by atoms with Crippen LogP contribution in [0.1, 0.15) is 316 Å². The van der Waals surface area contributed by atoms with E-state index in [1.807, 2.05) is 33.3 Å². The lowest BCUT2D eigenvalue weighted by atomic mass is 10.0. The molecule has 0 fully saturated rings. The first-order chi connectivity index (χ1) is 37.4. The molecule has 0 heterocycles. The van der Waals surface area contributed by atoms with E-state index in [9.17, 15) is 19.0 Å². The maximum absolute atomic E-state index is 13.5. The maximum Gasteiger partial charge on any atom is 0.306 e. The van der Waals surface area contributed by atoms with Crippen molar-refractivity contribution in [1.29, 1.82) is 0 Å². The summed E-state index contributed by atoms with van der Waals surface area (Å²) in [4.78, 5) is 40.0. The third kappa shape index (κ3) is 58.4. The van der Waals surface area contributed by atoms with E-state index >= 15 is 0 Å². The Labute approximate surface area is 478 Å². The number of carbonyl (C=O) groups is 2. The molecule has 0 saturated carbocycles. The lowest BCUT2D eigenvalue weighted by Gasteiger charge is -2.30. The summed E-state index contributed by atoms with van der Waals surface area (Å²) in [6.07, 6.45) is 71.0. The van der Waals surface area contributed by atoms with Crippen molar-refractivity contribution in [2.45, 2.75) is 328 Å². The number of unbranched alkanes of at least 4 members (excludes halogenated alkanes) is 40. The molecule has 0 aliphatic heterocycles. The van der Waals surface area contributed by atoms with Gasteiger partial charge in [-0.05, 0) is 51.0 Å². The second-order valence-electron chi connectivity index (χ2n) is 23.7. The van der Waals surface area contributed by atoms with Crippen LogP contribution in [0.2, 0.25) is 0 Å². The van der Waals surface area contributed by atoms with Crippen LogP contribution in [-0.4, -0.2) is 69.4 Å². The summed E-state index contributed by atoms with van der Waals surface area (Å²) in [5.74, 6) is -0.543. The number of ether oxygens (including phenoxy) is 1. The largest absolute Gasteiger partial charge is 0.756 e. The van der Waals surface area contributed by atoms with Crippen molar-refractivity contribution in [1.82, 2.24) is 5.32 Å². The van der Waals surface area contributed by atoms with Gasteiger partial charge in [0, 0.05) is 12.8 Å². The van der Waals surface area contributed by atoms with Gasteiger partial charge in [-0.3, -0.25) is 14.2 Å². The number of likely N-dealkylation sites (N-methyl/N-ethyl adjacent to an activating group) is 1. The number of phosphoric acid groups is 1. The first-order valence-corrected chi connectivity index (χ1v) is 34.4. The van der Waals surface area contributed by atoms with Gasteiger partial charge in [-0.15, -0.1) is 0 Å². The van der Waals surface area contributed by atoms with Crippen LogP contribution in [0.3, 0.4) is 0 Å². The van der Waals surface area contributed by atoms with E-state index < -0.39 is 26.6 Å². The number of rotatable bonds is 60. The summed E-state index contributed by atoms with van der Waals surface area (Å²) < 4.78 is 30.3. The quantitative estimate of drug-likeness (QED) is 0.0161. The first kappa shape index (κ1) is 75.0. The highest BCUT2D eigenvalue weighted by Crippen LogP contribution is 2.38. The fourth-order valence-electron chi connectivity index (χ4n) is 9.76. The van der Waals surface area contributed by atoms with Crippen molar-refractivity contribution in [2.75, 3.05) is 40.9 Å². The molecule has 0 aromatic rings. The molecule has 1 N–H and O–H groups in total. The van der Waals surface area contributed by atoms with Crippen molar-refractivity contribution < 1.29 is 37.3 Å². The minimum atomic E-state index is -4.70. The van der Waals surface area contributed by atoms with Crippen LogP contribution in [-0.2, 0) is 27.9 Å². The highest BCUT2D eigenvalue weighted by Gasteiger charge is 2.27. The smallest absolute Gasteiger partial charge is 0.306 e. The number of esters is 1. The lowest BCUT2D eigenvalue weighted by Crippen LogP contribution is -2.47. The highest BCUT2D eigenvalue weighted by molar-refractivity contribution is 7.45. The number of quaternary nitrogens is 1. The fraction of sp³-hybridized carbons (Fsp3) is 0.851. The number of nitrogens with one attached hydrogen (secondary N) is 1. The molecule has 0 aromatic carbocycles. The Balaban J connectivity index is 5.02. The van der Waals surface area contributed by atoms with Gasteiger partial charge in [-0.1, -0.05) is 301 Å². The average Bonchev–Trinajstić information content (AvgIpc) is 3.39. The monoisotopic (exact) mass is 1100 g/mol. The number of phosphoric ester groups is 1. The molecule has 3 unspecified atom stereocenters. The Morgan fingerprint density at radius 3 is 1.23 bits per heavy atom. The molecule has 0 spiro atoms. The van der Waals surface area contributed by atoms with Gasteiger partial charge in [0.1, 0.15) is 19.3 Å². The van der Waals surface area contributed by atoms with Crippen molar-refractivity contribution in [3.63, 3.8) is 0 Å². The molecule has 77 heavy (non-hydrogen) atoms. The summed E-state index contributed by atoms with van der Waals surface area (Å²) in [5, 5.41) is 3.02. The van der Waals surface area contributed by atoms with Crippen molar-refractivity contribution >= 4 is 19.7 Å². The summed E-state index contributed by atoms with van der Waals surface area (Å²) >= 11 is 0. The van der Waals surface area contributed by atoms with Crippen molar-refractivity contribution in [3.8, 4) is 0 Å². The van der Waals surface area contributed by atoms with Gasteiger partial charge in [0.05, 0.1) is 33.8 Å². The number of nitrogens with zero attached hydrogens (tertiary/aromatic N) is 1. The topological polar surface area (TPSA) is 114 Å². The zero-order valence-corrected chi connectivity index (χ0v) is 52.6. The molecule has 0 rings (SSSR count). The third-order valence-corrected chi connectivity index (χ3v) is 15.8. The van der Waals surface area contributed by atoms with Gasteiger partial charge >= 0.3 is 5.97 Å². The highest BCUT2D eigenvalue weighted by atomic mass is 31.2. The van der Waals surface area contributed by atoms with Gasteiger partial charge in [0.2, 0.25) is 5.91 Å². The Morgan fingerprint density at radius 1 is 0.468 bits per heavy atom. The summed E-state index contributed by atoms with van der Waals surface area (Å²) in [6.45, 7) is 6.73.